The summed E-state index contributed by atoms with van der Waals surface area (Å²) >= 11 is 4.86. The number of thiol groups is 1. The summed E-state index contributed by atoms with van der Waals surface area (Å²) < 4.78 is 11.5. The first-order chi connectivity index (χ1) is 23.8. The maximum Gasteiger partial charge on any atom is 0.407 e. The number of morpholine rings is 1. The molecule has 0 aliphatic carbocycles. The van der Waals surface area contributed by atoms with Crippen molar-refractivity contribution in [1.82, 2.24) is 30.8 Å². The van der Waals surface area contributed by atoms with Gasteiger partial charge in [-0.15, -0.1) is 0 Å². The third-order valence-electron chi connectivity index (χ3n) is 8.84. The van der Waals surface area contributed by atoms with Gasteiger partial charge < -0.3 is 31.2 Å². The number of aromatic amines is 1. The van der Waals surface area contributed by atoms with E-state index in [1.165, 1.54) is 7.11 Å². The Hall–Kier alpha value is -4.98. The number of amides is 2. The van der Waals surface area contributed by atoms with Crippen LogP contribution in [0.3, 0.4) is 0 Å². The Labute approximate surface area is 290 Å². The van der Waals surface area contributed by atoms with Crippen molar-refractivity contribution in [2.45, 2.75) is 55.2 Å². The Morgan fingerprint density at radius 2 is 1.69 bits per heavy atom. The summed E-state index contributed by atoms with van der Waals surface area (Å²) in [5.74, 6) is -0.0464. The summed E-state index contributed by atoms with van der Waals surface area (Å²) in [7, 11) is 1.28. The van der Waals surface area contributed by atoms with E-state index >= 15 is 0 Å². The molecule has 6 rings (SSSR count). The number of benzene rings is 3. The van der Waals surface area contributed by atoms with Crippen molar-refractivity contribution in [1.29, 1.82) is 0 Å². The van der Waals surface area contributed by atoms with Crippen molar-refractivity contribution < 1.29 is 19.1 Å². The molecule has 1 unspecified atom stereocenters. The second-order valence-electron chi connectivity index (χ2n) is 12.1. The van der Waals surface area contributed by atoms with Gasteiger partial charge in [-0.05, 0) is 42.5 Å². The zero-order valence-electron chi connectivity index (χ0n) is 27.2. The number of hydrogen-bond donors (Lipinski definition) is 6. The number of aryl methyl sites for hydroxylation is 1. The number of para-hydroxylation sites is 1. The highest BCUT2D eigenvalue weighted by Crippen LogP contribution is 2.32. The van der Waals surface area contributed by atoms with Crippen LogP contribution in [-0.2, 0) is 20.7 Å². The van der Waals surface area contributed by atoms with E-state index in [2.05, 4.69) is 36.1 Å². The molecular formula is C36H40N8O4S. The fourth-order valence-corrected chi connectivity index (χ4v) is 6.71. The summed E-state index contributed by atoms with van der Waals surface area (Å²) in [4.78, 5) is 35.8. The molecule has 12 nitrogen and oxygen atoms in total. The van der Waals surface area contributed by atoms with Gasteiger partial charge in [-0.25, -0.2) is 14.8 Å². The molecule has 5 aromatic rings. The lowest BCUT2D eigenvalue weighted by atomic mass is 9.84. The van der Waals surface area contributed by atoms with Crippen LogP contribution in [0, 0.1) is 0 Å². The summed E-state index contributed by atoms with van der Waals surface area (Å²) in [5, 5.41) is 16.5. The summed E-state index contributed by atoms with van der Waals surface area (Å²) in [6.07, 6.45) is 1.74. The number of anilines is 2. The minimum absolute atomic E-state index is 0.00553. The van der Waals surface area contributed by atoms with Gasteiger partial charge in [-0.2, -0.15) is 17.7 Å². The number of carbonyl (C=O) groups is 2. The Balaban J connectivity index is 1.18. The number of alkyl carbamates (subject to hydrolysis) is 1. The van der Waals surface area contributed by atoms with E-state index < -0.39 is 23.3 Å². The predicted octanol–water partition coefficient (Wildman–Crippen LogP) is 4.78. The van der Waals surface area contributed by atoms with Gasteiger partial charge >= 0.3 is 6.09 Å². The number of nitrogen functional groups attached to an aromatic ring is 1. The average molecular weight is 681 g/mol. The lowest BCUT2D eigenvalue weighted by Gasteiger charge is -2.38. The summed E-state index contributed by atoms with van der Waals surface area (Å²) in [5.41, 5.74) is 10.1. The summed E-state index contributed by atoms with van der Waals surface area (Å²) in [6, 6.07) is 26.0. The number of methoxy groups -OCH3 is 1. The Bertz CT molecular complexity index is 1840. The minimum Gasteiger partial charge on any atom is -0.453 e. The molecule has 3 heterocycles. The molecule has 3 aromatic carbocycles. The van der Waals surface area contributed by atoms with E-state index in [0.29, 0.717) is 47.7 Å². The molecule has 2 aromatic heterocycles. The van der Waals surface area contributed by atoms with Crippen molar-refractivity contribution in [2.24, 2.45) is 0 Å². The van der Waals surface area contributed by atoms with Gasteiger partial charge in [0.1, 0.15) is 17.7 Å². The smallest absolute Gasteiger partial charge is 0.407 e. The maximum absolute atomic E-state index is 14.1. The Morgan fingerprint density at radius 3 is 2.39 bits per heavy atom. The fourth-order valence-electron chi connectivity index (χ4n) is 6.27. The Morgan fingerprint density at radius 1 is 1.02 bits per heavy atom. The lowest BCUT2D eigenvalue weighted by Crippen LogP contribution is -2.52. The molecule has 6 N–H and O–H groups in total. The third-order valence-corrected chi connectivity index (χ3v) is 9.37. The van der Waals surface area contributed by atoms with Gasteiger partial charge in [0.05, 0.1) is 36.2 Å². The molecule has 5 atom stereocenters. The molecule has 13 heteroatoms. The third kappa shape index (κ3) is 7.85. The van der Waals surface area contributed by atoms with Crippen LogP contribution in [0.2, 0.25) is 0 Å². The molecule has 0 saturated carbocycles. The second-order valence-corrected chi connectivity index (χ2v) is 12.6. The highest BCUT2D eigenvalue weighted by atomic mass is 32.1. The number of carbonyl (C=O) groups excluding carboxylic acids is 2. The summed E-state index contributed by atoms with van der Waals surface area (Å²) in [6.45, 7) is 2.69. The minimum atomic E-state index is -0.969. The molecule has 0 radical (unpaired) electrons. The van der Waals surface area contributed by atoms with E-state index in [0.717, 1.165) is 16.7 Å². The zero-order valence-corrected chi connectivity index (χ0v) is 28.1. The van der Waals surface area contributed by atoms with Gasteiger partial charge in [0.2, 0.25) is 5.91 Å². The molecule has 2 amide bonds. The lowest BCUT2D eigenvalue weighted by molar-refractivity contribution is -0.118. The van der Waals surface area contributed by atoms with Crippen LogP contribution < -0.4 is 21.7 Å². The number of nitrogens with one attached hydrogen (secondary N) is 4. The molecule has 1 aliphatic heterocycles. The maximum atomic E-state index is 14.1. The SMILES string of the molecule is COC(=O)N[C@H](C(=O)Nc1ccccc1CC[C@@H]1CN[C@H](C)[C@@H](C(S)c2nc(N)c3cn[nH]c3n2)O1)C(c1ccccc1)c1ccccc1. The van der Waals surface area contributed by atoms with Crippen molar-refractivity contribution in [2.75, 3.05) is 24.7 Å². The van der Waals surface area contributed by atoms with Crippen LogP contribution in [0.4, 0.5) is 16.3 Å². The number of hydrogen-bond acceptors (Lipinski definition) is 10. The van der Waals surface area contributed by atoms with Crippen LogP contribution in [0.1, 0.15) is 47.0 Å². The van der Waals surface area contributed by atoms with E-state index in [9.17, 15) is 9.59 Å². The first-order valence-electron chi connectivity index (χ1n) is 16.2. The molecule has 49 heavy (non-hydrogen) atoms. The number of ether oxygens (including phenoxy) is 2. The normalized spacial score (nSPS) is 18.9. The number of nitrogens with two attached hydrogens (primary N) is 1. The first-order valence-corrected chi connectivity index (χ1v) is 16.7. The van der Waals surface area contributed by atoms with Crippen LogP contribution in [0.25, 0.3) is 11.0 Å². The van der Waals surface area contributed by atoms with Gasteiger partial charge in [0, 0.05) is 24.2 Å². The van der Waals surface area contributed by atoms with Gasteiger partial charge in [0.25, 0.3) is 0 Å². The number of aromatic nitrogens is 4. The highest BCUT2D eigenvalue weighted by molar-refractivity contribution is 7.80. The second kappa shape index (κ2) is 15.5. The molecule has 1 aliphatic rings. The van der Waals surface area contributed by atoms with Crippen LogP contribution in [0.5, 0.6) is 0 Å². The number of fused-ring (bicyclic) bond motifs is 1. The number of H-pyrrole nitrogens is 1. The van der Waals surface area contributed by atoms with E-state index in [-0.39, 0.29) is 24.2 Å². The number of nitrogens with zero attached hydrogens (tertiary/aromatic N) is 3. The molecular weight excluding hydrogens is 641 g/mol. The van der Waals surface area contributed by atoms with E-state index in [1.54, 1.807) is 6.20 Å². The molecule has 254 valence electrons. The zero-order chi connectivity index (χ0) is 34.3. The number of rotatable bonds is 11. The molecule has 0 spiro atoms. The van der Waals surface area contributed by atoms with Gasteiger partial charge in [-0.3, -0.25) is 9.89 Å². The van der Waals surface area contributed by atoms with Crippen molar-refractivity contribution >= 4 is 47.2 Å². The quantitative estimate of drug-likeness (QED) is 0.108. The molecule has 1 saturated heterocycles. The molecule has 0 bridgehead atoms. The monoisotopic (exact) mass is 680 g/mol. The van der Waals surface area contributed by atoms with Crippen LogP contribution in [-0.4, -0.2) is 70.1 Å². The van der Waals surface area contributed by atoms with Gasteiger partial charge in [0.15, 0.2) is 5.65 Å². The van der Waals surface area contributed by atoms with Crippen molar-refractivity contribution in [3.8, 4) is 0 Å². The van der Waals surface area contributed by atoms with Crippen LogP contribution >= 0.6 is 12.6 Å². The predicted molar refractivity (Wildman–Crippen MR) is 191 cm³/mol. The molecule has 1 fully saturated rings. The topological polar surface area (TPSA) is 169 Å². The highest BCUT2D eigenvalue weighted by Gasteiger charge is 2.36. The van der Waals surface area contributed by atoms with Crippen molar-refractivity contribution in [3.05, 3.63) is 114 Å². The van der Waals surface area contributed by atoms with E-state index in [1.807, 2.05) is 91.9 Å². The van der Waals surface area contributed by atoms with Crippen molar-refractivity contribution in [3.63, 3.8) is 0 Å². The largest absolute Gasteiger partial charge is 0.453 e. The van der Waals surface area contributed by atoms with E-state index in [4.69, 9.17) is 27.8 Å². The first kappa shape index (κ1) is 33.9. The van der Waals surface area contributed by atoms with Gasteiger partial charge in [-0.1, -0.05) is 78.9 Å². The Kier molecular flexibility index (Phi) is 10.7. The fraction of sp³-hybridized carbons (Fsp3) is 0.306. The average Bonchev–Trinajstić information content (AvgIpc) is 3.62. The van der Waals surface area contributed by atoms with Crippen LogP contribution in [0.15, 0.2) is 91.1 Å². The standard InChI is InChI=1S/C36H40N8O4S/c1-21-30(31(49)34-42-32(37)26-20-39-44-33(26)43-34)48-25(19-38-21)18-17-22-11-9-10-16-27(22)40-35(45)29(41-36(46)47-2)28(23-12-5-3-6-13-23)24-14-7-4-8-15-24/h3-16,20-21,25,28-31,38,49H,17-19H2,1-2H3,(H,40,45)(H,41,46)(H3,37,39,42,43,44)/t21-,25-,29+,30+,31?/m1/s1.